The Morgan fingerprint density at radius 2 is 1.68 bits per heavy atom. The van der Waals surface area contributed by atoms with Gasteiger partial charge in [-0.2, -0.15) is 0 Å². The third kappa shape index (κ3) is 3.76. The molecule has 1 aliphatic heterocycles. The summed E-state index contributed by atoms with van der Waals surface area (Å²) in [5, 5.41) is 0. The number of benzene rings is 1. The highest BCUT2D eigenvalue weighted by molar-refractivity contribution is 5.83. The molecule has 136 valence electrons. The summed E-state index contributed by atoms with van der Waals surface area (Å²) in [7, 11) is 0. The Labute approximate surface area is 152 Å². The van der Waals surface area contributed by atoms with Crippen molar-refractivity contribution in [3.63, 3.8) is 0 Å². The van der Waals surface area contributed by atoms with Gasteiger partial charge in [-0.15, -0.1) is 0 Å². The largest absolute Gasteiger partial charge is 0.342 e. The maximum absolute atomic E-state index is 13.0. The van der Waals surface area contributed by atoms with Crippen LogP contribution in [0.15, 0.2) is 24.3 Å². The normalized spacial score (nSPS) is 30.8. The SMILES string of the molecule is NC1CCCN(C(=O)C2CC2c2ccccc2C2CCCCC2)CC1. The average Bonchev–Trinajstić information content (AvgIpc) is 3.47. The highest BCUT2D eigenvalue weighted by Crippen LogP contribution is 2.51. The molecule has 4 rings (SSSR count). The number of nitrogens with zero attached hydrogens (tertiary/aromatic N) is 1. The minimum atomic E-state index is 0.221. The van der Waals surface area contributed by atoms with E-state index >= 15 is 0 Å². The van der Waals surface area contributed by atoms with Crippen LogP contribution in [0, 0.1) is 5.92 Å². The predicted octanol–water partition coefficient (Wildman–Crippen LogP) is 4.18. The van der Waals surface area contributed by atoms with E-state index in [9.17, 15) is 4.79 Å². The van der Waals surface area contributed by atoms with E-state index in [4.69, 9.17) is 5.73 Å². The summed E-state index contributed by atoms with van der Waals surface area (Å²) < 4.78 is 0. The van der Waals surface area contributed by atoms with Crippen molar-refractivity contribution in [2.75, 3.05) is 13.1 Å². The first-order valence-corrected chi connectivity index (χ1v) is 10.4. The summed E-state index contributed by atoms with van der Waals surface area (Å²) in [6.07, 6.45) is 10.9. The zero-order valence-corrected chi connectivity index (χ0v) is 15.3. The van der Waals surface area contributed by atoms with Gasteiger partial charge >= 0.3 is 0 Å². The molecule has 3 unspecified atom stereocenters. The van der Waals surface area contributed by atoms with Crippen molar-refractivity contribution in [2.24, 2.45) is 11.7 Å². The Bertz CT molecular complexity index is 608. The third-order valence-corrected chi connectivity index (χ3v) is 6.63. The Balaban J connectivity index is 1.45. The van der Waals surface area contributed by atoms with Gasteiger partial charge in [0, 0.05) is 25.0 Å². The molecule has 3 fully saturated rings. The predicted molar refractivity (Wildman–Crippen MR) is 102 cm³/mol. The number of carbonyl (C=O) groups excluding carboxylic acids is 1. The van der Waals surface area contributed by atoms with E-state index in [0.717, 1.165) is 44.7 Å². The third-order valence-electron chi connectivity index (χ3n) is 6.63. The van der Waals surface area contributed by atoms with Gasteiger partial charge in [0.15, 0.2) is 0 Å². The summed E-state index contributed by atoms with van der Waals surface area (Å²) in [4.78, 5) is 15.1. The number of hydrogen-bond donors (Lipinski definition) is 1. The molecule has 3 heteroatoms. The standard InChI is InChI=1S/C22H32N2O/c23-17-9-6-13-24(14-12-17)22(25)21-15-20(21)19-11-5-4-10-18(19)16-7-2-1-3-8-16/h4-5,10-11,16-17,20-21H,1-3,6-9,12-15,23H2. The summed E-state index contributed by atoms with van der Waals surface area (Å²) in [5.74, 6) is 1.79. The molecule has 1 aromatic rings. The Morgan fingerprint density at radius 3 is 2.48 bits per heavy atom. The second kappa shape index (κ2) is 7.49. The first-order valence-electron chi connectivity index (χ1n) is 10.4. The van der Waals surface area contributed by atoms with Crippen molar-refractivity contribution < 1.29 is 4.79 Å². The van der Waals surface area contributed by atoms with Gasteiger partial charge in [0.1, 0.15) is 0 Å². The van der Waals surface area contributed by atoms with Crippen LogP contribution >= 0.6 is 0 Å². The van der Waals surface area contributed by atoms with Crippen molar-refractivity contribution in [1.29, 1.82) is 0 Å². The summed E-state index contributed by atoms with van der Waals surface area (Å²) in [6.45, 7) is 1.76. The molecule has 1 amide bonds. The molecule has 3 atom stereocenters. The molecule has 1 heterocycles. The first-order chi connectivity index (χ1) is 12.2. The van der Waals surface area contributed by atoms with Gasteiger partial charge in [0.05, 0.1) is 0 Å². The molecule has 3 nitrogen and oxygen atoms in total. The molecule has 0 bridgehead atoms. The fraction of sp³-hybridized carbons (Fsp3) is 0.682. The number of carbonyl (C=O) groups is 1. The monoisotopic (exact) mass is 340 g/mol. The minimum Gasteiger partial charge on any atom is -0.342 e. The molecular weight excluding hydrogens is 308 g/mol. The number of rotatable bonds is 3. The van der Waals surface area contributed by atoms with Crippen LogP contribution < -0.4 is 5.73 Å². The van der Waals surface area contributed by atoms with Crippen LogP contribution in [0.3, 0.4) is 0 Å². The number of hydrogen-bond acceptors (Lipinski definition) is 2. The van der Waals surface area contributed by atoms with Gasteiger partial charge in [-0.25, -0.2) is 0 Å². The van der Waals surface area contributed by atoms with Crippen molar-refractivity contribution in [3.8, 4) is 0 Å². The zero-order chi connectivity index (χ0) is 17.2. The van der Waals surface area contributed by atoms with Crippen molar-refractivity contribution in [1.82, 2.24) is 4.90 Å². The second-order valence-corrected chi connectivity index (χ2v) is 8.43. The first kappa shape index (κ1) is 17.1. The molecule has 0 radical (unpaired) electrons. The van der Waals surface area contributed by atoms with E-state index < -0.39 is 0 Å². The molecule has 2 saturated carbocycles. The fourth-order valence-corrected chi connectivity index (χ4v) is 5.02. The lowest BCUT2D eigenvalue weighted by atomic mass is 9.81. The molecule has 2 N–H and O–H groups in total. The average molecular weight is 341 g/mol. The molecule has 1 saturated heterocycles. The fourth-order valence-electron chi connectivity index (χ4n) is 5.02. The van der Waals surface area contributed by atoms with Crippen molar-refractivity contribution in [3.05, 3.63) is 35.4 Å². The minimum absolute atomic E-state index is 0.221. The van der Waals surface area contributed by atoms with E-state index in [1.54, 1.807) is 5.56 Å². The Hall–Kier alpha value is -1.35. The van der Waals surface area contributed by atoms with E-state index in [1.807, 2.05) is 0 Å². The van der Waals surface area contributed by atoms with Gasteiger partial charge in [-0.1, -0.05) is 43.5 Å². The Kier molecular flexibility index (Phi) is 5.12. The van der Waals surface area contributed by atoms with Crippen LogP contribution in [0.5, 0.6) is 0 Å². The smallest absolute Gasteiger partial charge is 0.226 e. The molecular formula is C22H32N2O. The van der Waals surface area contributed by atoms with E-state index in [0.29, 0.717) is 11.8 Å². The molecule has 25 heavy (non-hydrogen) atoms. The van der Waals surface area contributed by atoms with Gasteiger partial charge in [-0.3, -0.25) is 4.79 Å². The lowest BCUT2D eigenvalue weighted by Crippen LogP contribution is -2.34. The summed E-state index contributed by atoms with van der Waals surface area (Å²) >= 11 is 0. The molecule has 0 spiro atoms. The number of likely N-dealkylation sites (tertiary alicyclic amines) is 1. The number of amides is 1. The highest BCUT2D eigenvalue weighted by atomic mass is 16.2. The molecule has 2 aliphatic carbocycles. The van der Waals surface area contributed by atoms with Crippen LogP contribution in [0.2, 0.25) is 0 Å². The van der Waals surface area contributed by atoms with Crippen LogP contribution in [0.1, 0.15) is 80.8 Å². The van der Waals surface area contributed by atoms with Gasteiger partial charge < -0.3 is 10.6 Å². The van der Waals surface area contributed by atoms with E-state index in [2.05, 4.69) is 29.2 Å². The maximum Gasteiger partial charge on any atom is 0.226 e. The van der Waals surface area contributed by atoms with Crippen molar-refractivity contribution in [2.45, 2.75) is 75.7 Å². The van der Waals surface area contributed by atoms with Crippen LogP contribution in [0.25, 0.3) is 0 Å². The maximum atomic E-state index is 13.0. The van der Waals surface area contributed by atoms with Crippen LogP contribution in [-0.2, 0) is 4.79 Å². The topological polar surface area (TPSA) is 46.3 Å². The van der Waals surface area contributed by atoms with E-state index in [-0.39, 0.29) is 12.0 Å². The zero-order valence-electron chi connectivity index (χ0n) is 15.3. The lowest BCUT2D eigenvalue weighted by molar-refractivity contribution is -0.132. The van der Waals surface area contributed by atoms with Gasteiger partial charge in [0.25, 0.3) is 0 Å². The summed E-state index contributed by atoms with van der Waals surface area (Å²) in [6, 6.07) is 9.24. The van der Waals surface area contributed by atoms with E-state index in [1.165, 1.54) is 37.7 Å². The molecule has 1 aromatic carbocycles. The second-order valence-electron chi connectivity index (χ2n) is 8.43. The van der Waals surface area contributed by atoms with Crippen LogP contribution in [-0.4, -0.2) is 29.9 Å². The van der Waals surface area contributed by atoms with Crippen molar-refractivity contribution >= 4 is 5.91 Å². The quantitative estimate of drug-likeness (QED) is 0.897. The van der Waals surface area contributed by atoms with Gasteiger partial charge in [0.2, 0.25) is 5.91 Å². The summed E-state index contributed by atoms with van der Waals surface area (Å²) in [5.41, 5.74) is 9.09. The van der Waals surface area contributed by atoms with Gasteiger partial charge in [-0.05, 0) is 61.5 Å². The molecule has 0 aromatic heterocycles. The van der Waals surface area contributed by atoms with Crippen LogP contribution in [0.4, 0.5) is 0 Å². The highest BCUT2D eigenvalue weighted by Gasteiger charge is 2.47. The molecule has 3 aliphatic rings. The number of nitrogens with two attached hydrogens (primary N) is 1. The lowest BCUT2D eigenvalue weighted by Gasteiger charge is -2.25. The Morgan fingerprint density at radius 1 is 0.920 bits per heavy atom.